The van der Waals surface area contributed by atoms with Crippen LogP contribution in [0.1, 0.15) is 24.8 Å². The molecule has 0 saturated heterocycles. The minimum atomic E-state index is -0.502. The molecule has 0 unspecified atom stereocenters. The Labute approximate surface area is 136 Å². The fourth-order valence-corrected chi connectivity index (χ4v) is 3.01. The maximum absolute atomic E-state index is 12.7. The molecule has 21 heavy (non-hydrogen) atoms. The first-order chi connectivity index (χ1) is 10.1. The monoisotopic (exact) mass is 365 g/mol. The molecular formula is C15H13BrClN3O. The minimum absolute atomic E-state index is 0.0385. The summed E-state index contributed by atoms with van der Waals surface area (Å²) in [6, 6.07) is 5.37. The van der Waals surface area contributed by atoms with Crippen molar-refractivity contribution in [2.75, 3.05) is 5.32 Å². The molecule has 6 heteroatoms. The average Bonchev–Trinajstić information content (AvgIpc) is 2.40. The van der Waals surface area contributed by atoms with E-state index in [1.54, 1.807) is 24.5 Å². The molecule has 0 aliphatic heterocycles. The summed E-state index contributed by atoms with van der Waals surface area (Å²) in [7, 11) is 0. The molecule has 2 aromatic heterocycles. The van der Waals surface area contributed by atoms with Crippen LogP contribution in [0, 0.1) is 0 Å². The number of nitrogens with one attached hydrogen (secondary N) is 1. The second kappa shape index (κ2) is 5.73. The highest BCUT2D eigenvalue weighted by Gasteiger charge is 2.46. The van der Waals surface area contributed by atoms with Gasteiger partial charge in [0.15, 0.2) is 0 Å². The van der Waals surface area contributed by atoms with Crippen molar-refractivity contribution in [2.45, 2.75) is 24.7 Å². The highest BCUT2D eigenvalue weighted by Crippen LogP contribution is 2.44. The Balaban J connectivity index is 1.85. The first-order valence-electron chi connectivity index (χ1n) is 6.64. The first-order valence-corrected chi connectivity index (χ1v) is 7.81. The summed E-state index contributed by atoms with van der Waals surface area (Å²) < 4.78 is 0.878. The summed E-state index contributed by atoms with van der Waals surface area (Å²) in [5, 5.41) is 3.42. The van der Waals surface area contributed by atoms with Crippen molar-refractivity contribution in [3.05, 3.63) is 51.8 Å². The van der Waals surface area contributed by atoms with Crippen LogP contribution < -0.4 is 5.32 Å². The lowest BCUT2D eigenvalue weighted by Crippen LogP contribution is -2.46. The van der Waals surface area contributed by atoms with Gasteiger partial charge in [-0.25, -0.2) is 4.98 Å². The lowest BCUT2D eigenvalue weighted by molar-refractivity contribution is -0.124. The predicted molar refractivity (Wildman–Crippen MR) is 85.3 cm³/mol. The van der Waals surface area contributed by atoms with Crippen LogP contribution in [-0.4, -0.2) is 15.9 Å². The zero-order chi connectivity index (χ0) is 14.9. The van der Waals surface area contributed by atoms with Gasteiger partial charge >= 0.3 is 0 Å². The van der Waals surface area contributed by atoms with E-state index >= 15 is 0 Å². The smallest absolute Gasteiger partial charge is 0.236 e. The van der Waals surface area contributed by atoms with Gasteiger partial charge in [-0.15, -0.1) is 0 Å². The van der Waals surface area contributed by atoms with Gasteiger partial charge in [-0.1, -0.05) is 18.0 Å². The zero-order valence-electron chi connectivity index (χ0n) is 11.1. The fraction of sp³-hybridized carbons (Fsp3) is 0.267. The van der Waals surface area contributed by atoms with Gasteiger partial charge in [0.25, 0.3) is 0 Å². The third kappa shape index (κ3) is 2.80. The second-order valence-electron chi connectivity index (χ2n) is 5.14. The lowest BCUT2D eigenvalue weighted by atomic mass is 9.64. The highest BCUT2D eigenvalue weighted by atomic mass is 79.9. The van der Waals surface area contributed by atoms with E-state index < -0.39 is 5.41 Å². The van der Waals surface area contributed by atoms with Crippen LogP contribution in [0.2, 0.25) is 5.02 Å². The molecule has 0 aromatic carbocycles. The summed E-state index contributed by atoms with van der Waals surface area (Å²) in [6.07, 6.45) is 7.68. The van der Waals surface area contributed by atoms with Crippen molar-refractivity contribution in [3.63, 3.8) is 0 Å². The molecule has 2 aromatic rings. The first kappa shape index (κ1) is 14.5. The van der Waals surface area contributed by atoms with E-state index in [2.05, 4.69) is 31.2 Å². The number of carbonyl (C=O) groups excluding carboxylic acids is 1. The Morgan fingerprint density at radius 2 is 2.10 bits per heavy atom. The Hall–Kier alpha value is -1.46. The molecule has 0 bridgehead atoms. The molecule has 0 spiro atoms. The summed E-state index contributed by atoms with van der Waals surface area (Å²) in [6.45, 7) is 0. The standard InChI is InChI=1S/C15H13BrClN3O/c16-11-6-10(7-18-8-11)15(4-1-5-15)14(21)20-13-3-2-12(17)9-19-13/h2-3,6-9H,1,4-5H2,(H,19,20,21). The van der Waals surface area contributed by atoms with Gasteiger partial charge in [0, 0.05) is 23.1 Å². The number of hydrogen-bond donors (Lipinski definition) is 1. The summed E-state index contributed by atoms with van der Waals surface area (Å²) >= 11 is 9.21. The van der Waals surface area contributed by atoms with E-state index in [-0.39, 0.29) is 5.91 Å². The Kier molecular flexibility index (Phi) is 3.95. The van der Waals surface area contributed by atoms with Crippen LogP contribution in [0.3, 0.4) is 0 Å². The molecule has 3 rings (SSSR count). The quantitative estimate of drug-likeness (QED) is 0.895. The number of halogens is 2. The van der Waals surface area contributed by atoms with Gasteiger partial charge in [-0.2, -0.15) is 0 Å². The third-order valence-corrected chi connectivity index (χ3v) is 4.53. The van der Waals surface area contributed by atoms with Gasteiger partial charge in [0.1, 0.15) is 5.82 Å². The number of amides is 1. The molecule has 1 N–H and O–H groups in total. The topological polar surface area (TPSA) is 54.9 Å². The van der Waals surface area contributed by atoms with Crippen molar-refractivity contribution in [2.24, 2.45) is 0 Å². The largest absolute Gasteiger partial charge is 0.310 e. The molecule has 2 heterocycles. The highest BCUT2D eigenvalue weighted by molar-refractivity contribution is 9.10. The summed E-state index contributed by atoms with van der Waals surface area (Å²) in [5.41, 5.74) is 0.438. The van der Waals surface area contributed by atoms with Crippen LogP contribution in [0.25, 0.3) is 0 Å². The van der Waals surface area contributed by atoms with Gasteiger partial charge in [-0.05, 0) is 52.5 Å². The van der Waals surface area contributed by atoms with Crippen LogP contribution in [0.4, 0.5) is 5.82 Å². The van der Waals surface area contributed by atoms with E-state index in [0.717, 1.165) is 29.3 Å². The van der Waals surface area contributed by atoms with Crippen LogP contribution >= 0.6 is 27.5 Å². The normalized spacial score (nSPS) is 16.1. The number of hydrogen-bond acceptors (Lipinski definition) is 3. The number of rotatable bonds is 3. The molecule has 1 saturated carbocycles. The number of nitrogens with zero attached hydrogens (tertiary/aromatic N) is 2. The number of carbonyl (C=O) groups is 1. The molecule has 108 valence electrons. The maximum Gasteiger partial charge on any atom is 0.236 e. The van der Waals surface area contributed by atoms with Crippen LogP contribution in [0.15, 0.2) is 41.3 Å². The van der Waals surface area contributed by atoms with Crippen molar-refractivity contribution in [1.82, 2.24) is 9.97 Å². The molecule has 0 atom stereocenters. The van der Waals surface area contributed by atoms with Crippen LogP contribution in [-0.2, 0) is 10.2 Å². The van der Waals surface area contributed by atoms with Gasteiger partial charge < -0.3 is 5.32 Å². The van der Waals surface area contributed by atoms with Gasteiger partial charge in [-0.3, -0.25) is 9.78 Å². The van der Waals surface area contributed by atoms with E-state index in [4.69, 9.17) is 11.6 Å². The van der Waals surface area contributed by atoms with E-state index in [0.29, 0.717) is 10.8 Å². The van der Waals surface area contributed by atoms with Crippen molar-refractivity contribution < 1.29 is 4.79 Å². The SMILES string of the molecule is O=C(Nc1ccc(Cl)cn1)C1(c2cncc(Br)c2)CCC1. The maximum atomic E-state index is 12.7. The van der Waals surface area contributed by atoms with Crippen molar-refractivity contribution in [3.8, 4) is 0 Å². The Bertz CT molecular complexity index is 671. The predicted octanol–water partition coefficient (Wildman–Crippen LogP) is 3.95. The molecule has 1 fully saturated rings. The van der Waals surface area contributed by atoms with Crippen molar-refractivity contribution >= 4 is 39.3 Å². The Morgan fingerprint density at radius 1 is 1.29 bits per heavy atom. The zero-order valence-corrected chi connectivity index (χ0v) is 13.5. The second-order valence-corrected chi connectivity index (χ2v) is 6.50. The molecule has 1 aliphatic rings. The average molecular weight is 367 g/mol. The summed E-state index contributed by atoms with van der Waals surface area (Å²) in [4.78, 5) is 21.0. The fourth-order valence-electron chi connectivity index (χ4n) is 2.54. The number of aromatic nitrogens is 2. The molecule has 1 amide bonds. The van der Waals surface area contributed by atoms with Gasteiger partial charge in [0.05, 0.1) is 10.4 Å². The Morgan fingerprint density at radius 3 is 2.67 bits per heavy atom. The van der Waals surface area contributed by atoms with Crippen molar-refractivity contribution in [1.29, 1.82) is 0 Å². The van der Waals surface area contributed by atoms with E-state index in [1.807, 2.05) is 6.07 Å². The van der Waals surface area contributed by atoms with E-state index in [1.165, 1.54) is 6.20 Å². The summed E-state index contributed by atoms with van der Waals surface area (Å²) in [5.74, 6) is 0.474. The third-order valence-electron chi connectivity index (χ3n) is 3.87. The van der Waals surface area contributed by atoms with E-state index in [9.17, 15) is 4.79 Å². The minimum Gasteiger partial charge on any atom is -0.310 e. The van der Waals surface area contributed by atoms with Gasteiger partial charge in [0.2, 0.25) is 5.91 Å². The molecule has 1 aliphatic carbocycles. The lowest BCUT2D eigenvalue weighted by Gasteiger charge is -2.40. The number of anilines is 1. The molecule has 4 nitrogen and oxygen atoms in total. The number of pyridine rings is 2. The van der Waals surface area contributed by atoms with Crippen LogP contribution in [0.5, 0.6) is 0 Å². The molecule has 0 radical (unpaired) electrons. The molecular weight excluding hydrogens is 354 g/mol.